The number of phenols is 1. The minimum Gasteiger partial charge on any atom is -0.508 e. The lowest BCUT2D eigenvalue weighted by Gasteiger charge is -2.50. The Labute approximate surface area is 335 Å². The maximum absolute atomic E-state index is 15.3. The maximum atomic E-state index is 15.3. The second-order valence-corrected chi connectivity index (χ2v) is 16.2. The first kappa shape index (κ1) is 37.5. The Bertz CT molecular complexity index is 2380. The van der Waals surface area contributed by atoms with Crippen molar-refractivity contribution in [1.82, 2.24) is 9.99 Å². The summed E-state index contributed by atoms with van der Waals surface area (Å²) < 4.78 is 41.0. The number of pyridine rings is 1. The number of aryl methyl sites for hydroxylation is 1. The summed E-state index contributed by atoms with van der Waals surface area (Å²) in [7, 11) is 0. The number of aromatic nitrogens is 1. The number of halogens is 7. The van der Waals surface area contributed by atoms with Crippen LogP contribution in [-0.2, 0) is 30.8 Å². The van der Waals surface area contributed by atoms with Gasteiger partial charge in [-0.05, 0) is 85.3 Å². The second-order valence-electron chi connectivity index (χ2n) is 14.1. The molecule has 3 fully saturated rings. The van der Waals surface area contributed by atoms with Gasteiger partial charge in [-0.25, -0.2) is 9.88 Å². The molecule has 55 heavy (non-hydrogen) atoms. The van der Waals surface area contributed by atoms with Crippen molar-refractivity contribution in [1.29, 1.82) is 0 Å². The number of alkyl halides is 3. The number of carbonyl (C=O) groups excluding carboxylic acids is 4. The van der Waals surface area contributed by atoms with E-state index in [0.717, 1.165) is 10.5 Å². The number of phenolic OH excluding ortho intramolecular Hbond substituents is 1. The fraction of sp³-hybridized carbons (Fsp3) is 0.256. The molecule has 6 unspecified atom stereocenters. The van der Waals surface area contributed by atoms with Crippen LogP contribution in [0.25, 0.3) is 0 Å². The number of nitrogens with zero attached hydrogens (tertiary/aromatic N) is 3. The van der Waals surface area contributed by atoms with Gasteiger partial charge >= 0.3 is 6.18 Å². The molecule has 16 heteroatoms. The van der Waals surface area contributed by atoms with Gasteiger partial charge in [0.2, 0.25) is 11.8 Å². The van der Waals surface area contributed by atoms with Gasteiger partial charge in [0, 0.05) is 32.2 Å². The van der Waals surface area contributed by atoms with Gasteiger partial charge in [-0.3, -0.25) is 24.6 Å². The molecule has 1 aromatic heterocycles. The number of benzene rings is 3. The molecule has 0 spiro atoms. The van der Waals surface area contributed by atoms with Crippen molar-refractivity contribution < 1.29 is 37.5 Å². The molecule has 2 N–H and O–H groups in total. The molecule has 4 aromatic rings. The summed E-state index contributed by atoms with van der Waals surface area (Å²) in [6.07, 6.45) is -2.37. The lowest BCUT2D eigenvalue weighted by Crippen LogP contribution is -2.53. The zero-order valence-corrected chi connectivity index (χ0v) is 32.2. The van der Waals surface area contributed by atoms with E-state index >= 15 is 4.79 Å². The summed E-state index contributed by atoms with van der Waals surface area (Å²) in [6, 6.07) is 16.5. The van der Waals surface area contributed by atoms with Crippen LogP contribution >= 0.6 is 50.7 Å². The third-order valence-electron chi connectivity index (χ3n) is 11.3. The van der Waals surface area contributed by atoms with Gasteiger partial charge in [-0.2, -0.15) is 18.2 Å². The number of carbonyl (C=O) groups is 4. The predicted molar refractivity (Wildman–Crippen MR) is 201 cm³/mol. The third-order valence-corrected chi connectivity index (χ3v) is 12.7. The van der Waals surface area contributed by atoms with Crippen LogP contribution in [0.2, 0.25) is 15.1 Å². The highest BCUT2D eigenvalue weighted by atomic mass is 79.9. The number of imide groups is 2. The Hall–Kier alpha value is -4.43. The van der Waals surface area contributed by atoms with Gasteiger partial charge < -0.3 is 5.11 Å². The number of hydrogen-bond acceptors (Lipinski definition) is 7. The van der Waals surface area contributed by atoms with Crippen molar-refractivity contribution in [3.8, 4) is 5.75 Å². The van der Waals surface area contributed by atoms with Crippen molar-refractivity contribution in [2.24, 2.45) is 23.7 Å². The largest absolute Gasteiger partial charge is 0.508 e. The summed E-state index contributed by atoms with van der Waals surface area (Å²) >= 11 is 22.5. The Kier molecular flexibility index (Phi) is 9.10. The highest BCUT2D eigenvalue weighted by Gasteiger charge is 2.70. The molecule has 0 bridgehead atoms. The van der Waals surface area contributed by atoms with Crippen LogP contribution in [0.1, 0.15) is 41.0 Å². The molecule has 2 aliphatic carbocycles. The van der Waals surface area contributed by atoms with Crippen LogP contribution < -0.4 is 10.3 Å². The van der Waals surface area contributed by atoms with Crippen molar-refractivity contribution in [3.05, 3.63) is 126 Å². The first-order chi connectivity index (χ1) is 26.0. The molecule has 4 amide bonds. The maximum Gasteiger partial charge on any atom is 0.417 e. The Balaban J connectivity index is 1.31. The van der Waals surface area contributed by atoms with Gasteiger partial charge in [-0.1, -0.05) is 80.6 Å². The summed E-state index contributed by atoms with van der Waals surface area (Å²) in [6.45, 7) is 1.79. The lowest BCUT2D eigenvalue weighted by atomic mass is 9.49. The van der Waals surface area contributed by atoms with E-state index in [1.807, 2.05) is 6.08 Å². The Morgan fingerprint density at radius 3 is 2.31 bits per heavy atom. The minimum absolute atomic E-state index is 0.0840. The predicted octanol–water partition coefficient (Wildman–Crippen LogP) is 9.03. The van der Waals surface area contributed by atoms with Crippen molar-refractivity contribution in [2.45, 2.75) is 37.3 Å². The van der Waals surface area contributed by atoms with E-state index in [0.29, 0.717) is 48.6 Å². The normalized spacial score (nSPS) is 26.2. The van der Waals surface area contributed by atoms with E-state index in [1.165, 1.54) is 6.07 Å². The summed E-state index contributed by atoms with van der Waals surface area (Å²) in [5.41, 5.74) is 1.89. The van der Waals surface area contributed by atoms with E-state index in [4.69, 9.17) is 34.8 Å². The number of anilines is 2. The Morgan fingerprint density at radius 2 is 1.64 bits per heavy atom. The summed E-state index contributed by atoms with van der Waals surface area (Å²) in [5, 5.41) is 12.4. The van der Waals surface area contributed by atoms with Gasteiger partial charge in [0.15, 0.2) is 5.82 Å². The first-order valence-electron chi connectivity index (χ1n) is 17.0. The van der Waals surface area contributed by atoms with Crippen LogP contribution in [0, 0.1) is 30.6 Å². The van der Waals surface area contributed by atoms with E-state index in [2.05, 4.69) is 26.3 Å². The lowest BCUT2D eigenvalue weighted by molar-refractivity contribution is -0.139. The van der Waals surface area contributed by atoms with Crippen LogP contribution in [0.3, 0.4) is 0 Å². The van der Waals surface area contributed by atoms with Gasteiger partial charge in [0.05, 0.1) is 39.4 Å². The van der Waals surface area contributed by atoms with E-state index in [1.54, 1.807) is 61.5 Å². The number of allylic oxidation sites excluding steroid dienone is 2. The zero-order chi connectivity index (χ0) is 39.3. The number of hydrazine groups is 1. The first-order valence-corrected chi connectivity index (χ1v) is 18.9. The van der Waals surface area contributed by atoms with E-state index in [-0.39, 0.29) is 30.0 Å². The fourth-order valence-corrected chi connectivity index (χ4v) is 9.75. The molecular weight excluding hydrogens is 848 g/mol. The smallest absolute Gasteiger partial charge is 0.417 e. The topological polar surface area (TPSA) is 120 Å². The van der Waals surface area contributed by atoms with Crippen molar-refractivity contribution >= 4 is 85.9 Å². The zero-order valence-electron chi connectivity index (χ0n) is 28.4. The molecule has 2 saturated heterocycles. The monoisotopic (exact) mass is 872 g/mol. The van der Waals surface area contributed by atoms with E-state index < -0.39 is 75.4 Å². The summed E-state index contributed by atoms with van der Waals surface area (Å²) in [5.74, 6) is -7.93. The quantitative estimate of drug-likeness (QED) is 0.152. The highest BCUT2D eigenvalue weighted by molar-refractivity contribution is 9.10. The third kappa shape index (κ3) is 5.76. The van der Waals surface area contributed by atoms with Crippen molar-refractivity contribution in [3.63, 3.8) is 0 Å². The molecule has 0 radical (unpaired) electrons. The SMILES string of the molecule is Cc1ccc(N2C(=O)C3CC=C4C(CC5C(=O)N(Nc6ncc(C(F)(F)F)cc6Cl)C(=O)C5(c5ccc(Cl)cc5)C4c4cc(Br)ccc4O)C3C2=O)cc1Cl. The minimum atomic E-state index is -4.76. The number of rotatable bonds is 5. The molecule has 4 aliphatic rings. The second kappa shape index (κ2) is 13.4. The van der Waals surface area contributed by atoms with Crippen LogP contribution in [0.5, 0.6) is 5.75 Å². The number of aromatic hydroxyl groups is 1. The Morgan fingerprint density at radius 1 is 0.909 bits per heavy atom. The highest BCUT2D eigenvalue weighted by Crippen LogP contribution is 2.65. The van der Waals surface area contributed by atoms with Gasteiger partial charge in [0.1, 0.15) is 5.75 Å². The molecular formula is C39H27BrCl3F3N4O5. The number of fused-ring (bicyclic) bond motifs is 4. The fourth-order valence-electron chi connectivity index (χ4n) is 8.86. The molecule has 9 nitrogen and oxygen atoms in total. The number of amides is 4. The number of nitrogens with one attached hydrogen (secondary N) is 1. The van der Waals surface area contributed by atoms with Crippen LogP contribution in [-0.4, -0.2) is 38.7 Å². The van der Waals surface area contributed by atoms with Gasteiger partial charge in [-0.15, -0.1) is 0 Å². The molecule has 3 heterocycles. The molecule has 282 valence electrons. The van der Waals surface area contributed by atoms with Crippen LogP contribution in [0.15, 0.2) is 89.0 Å². The van der Waals surface area contributed by atoms with Crippen LogP contribution in [0.4, 0.5) is 24.7 Å². The molecule has 6 atom stereocenters. The standard InChI is InChI=1S/C39H27BrCl3F3N4O5/c1-17-2-8-22(14-28(17)42)49-34(52)24-10-9-23-25(31(24)36(49)54)15-27-35(53)50(48-33-29(43)12-19(16-47-33)39(44,45)46)37(55)38(27,18-3-6-21(41)7-4-18)32(23)26-13-20(40)5-11-30(26)51/h2-9,11-14,16,24-25,27,31-32,51H,10,15H2,1H3,(H,47,48). The average molecular weight is 875 g/mol. The molecule has 2 aliphatic heterocycles. The summed E-state index contributed by atoms with van der Waals surface area (Å²) in [4.78, 5) is 63.6. The molecule has 8 rings (SSSR count). The van der Waals surface area contributed by atoms with E-state index in [9.17, 15) is 32.7 Å². The van der Waals surface area contributed by atoms with Gasteiger partial charge in [0.25, 0.3) is 11.8 Å². The molecule has 1 saturated carbocycles. The van der Waals surface area contributed by atoms with Crippen molar-refractivity contribution in [2.75, 3.05) is 10.3 Å². The number of hydrogen-bond donors (Lipinski definition) is 2. The average Bonchev–Trinajstić information content (AvgIpc) is 3.52. The molecule has 3 aromatic carbocycles.